The zero-order valence-corrected chi connectivity index (χ0v) is 22.2. The highest BCUT2D eigenvalue weighted by Gasteiger charge is 2.50. The van der Waals surface area contributed by atoms with E-state index in [4.69, 9.17) is 14.2 Å². The molecule has 9 nitrogen and oxygen atoms in total. The van der Waals surface area contributed by atoms with Crippen LogP contribution in [-0.2, 0) is 16.0 Å². The van der Waals surface area contributed by atoms with Crippen LogP contribution in [0, 0.1) is 5.92 Å². The van der Waals surface area contributed by atoms with Crippen LogP contribution in [0.4, 0.5) is 0 Å². The number of amides is 2. The first-order valence-corrected chi connectivity index (χ1v) is 12.9. The van der Waals surface area contributed by atoms with Gasteiger partial charge < -0.3 is 34.6 Å². The van der Waals surface area contributed by atoms with E-state index < -0.39 is 24.2 Å². The normalized spacial score (nSPS) is 21.6. The summed E-state index contributed by atoms with van der Waals surface area (Å²) in [5.41, 5.74) is 2.07. The summed E-state index contributed by atoms with van der Waals surface area (Å²) in [4.78, 5) is 28.4. The predicted octanol–water partition coefficient (Wildman–Crippen LogP) is 2.05. The van der Waals surface area contributed by atoms with Gasteiger partial charge in [-0.1, -0.05) is 32.0 Å². The van der Waals surface area contributed by atoms with Gasteiger partial charge in [0, 0.05) is 30.1 Å². The number of hydrogen-bond acceptors (Lipinski definition) is 7. The number of benzene rings is 2. The smallest absolute Gasteiger partial charge is 0.247 e. The van der Waals surface area contributed by atoms with Crippen LogP contribution in [0.5, 0.6) is 17.2 Å². The highest BCUT2D eigenvalue weighted by atomic mass is 16.5. The fraction of sp³-hybridized carbons (Fsp3) is 0.448. The summed E-state index contributed by atoms with van der Waals surface area (Å²) < 4.78 is 17.0. The van der Waals surface area contributed by atoms with E-state index in [1.54, 1.807) is 45.1 Å². The summed E-state index contributed by atoms with van der Waals surface area (Å²) >= 11 is 0. The molecule has 1 aliphatic carbocycles. The van der Waals surface area contributed by atoms with Crippen LogP contribution in [-0.4, -0.2) is 79.1 Å². The quantitative estimate of drug-likeness (QED) is 0.436. The van der Waals surface area contributed by atoms with Crippen molar-refractivity contribution in [1.29, 1.82) is 0 Å². The van der Waals surface area contributed by atoms with Gasteiger partial charge in [0.05, 0.1) is 32.8 Å². The summed E-state index contributed by atoms with van der Waals surface area (Å²) in [5, 5.41) is 23.6. The van der Waals surface area contributed by atoms with Gasteiger partial charge in [0.2, 0.25) is 11.8 Å². The number of hydrogen-bond donors (Lipinski definition) is 3. The van der Waals surface area contributed by atoms with Crippen LogP contribution < -0.4 is 19.5 Å². The minimum absolute atomic E-state index is 0.0908. The van der Waals surface area contributed by atoms with Gasteiger partial charge in [-0.15, -0.1) is 0 Å². The van der Waals surface area contributed by atoms with Crippen LogP contribution in [0.1, 0.15) is 30.9 Å². The van der Waals surface area contributed by atoms with Crippen molar-refractivity contribution in [2.24, 2.45) is 5.92 Å². The number of carbonyl (C=O) groups excluding carboxylic acids is 2. The first kappa shape index (κ1) is 27.5. The van der Waals surface area contributed by atoms with E-state index >= 15 is 0 Å². The standard InChI is InChI=1S/C29H36N2O7/c1-17(2)29(35)31(13-11-18-15-19(36-3)9-10-23(18)37-4)22-16-21(28(34)30-12-14-32)25-20-7-5-6-8-24(20)38-27(25)26(22)33/h5-10,15-17,22,25-27,32-33H,11-14H2,1-4H3,(H,30,34)/t22-,25+,26+,27+/m1/s1. The van der Waals surface area contributed by atoms with E-state index in [-0.39, 0.29) is 37.4 Å². The molecule has 1 aliphatic heterocycles. The topological polar surface area (TPSA) is 118 Å². The fourth-order valence-electron chi connectivity index (χ4n) is 5.25. The number of nitrogens with one attached hydrogen (secondary N) is 1. The second-order valence-corrected chi connectivity index (χ2v) is 9.79. The number of rotatable bonds is 10. The molecule has 204 valence electrons. The van der Waals surface area contributed by atoms with Crippen molar-refractivity contribution < 1.29 is 34.0 Å². The van der Waals surface area contributed by atoms with Crippen molar-refractivity contribution in [3.63, 3.8) is 0 Å². The van der Waals surface area contributed by atoms with Gasteiger partial charge >= 0.3 is 0 Å². The SMILES string of the molecule is COc1ccc(OC)c(CCN(C(=O)C(C)C)[C@@H]2C=C(C(=O)NCCO)[C@@H]3c4ccccc4O[C@@H]3[C@H]2O)c1. The van der Waals surface area contributed by atoms with Gasteiger partial charge in [-0.3, -0.25) is 9.59 Å². The van der Waals surface area contributed by atoms with Gasteiger partial charge in [0.25, 0.3) is 0 Å². The molecule has 0 saturated heterocycles. The molecule has 1 heterocycles. The second kappa shape index (κ2) is 11.9. The Balaban J connectivity index is 1.72. The van der Waals surface area contributed by atoms with Crippen molar-refractivity contribution in [2.45, 2.75) is 44.4 Å². The van der Waals surface area contributed by atoms with E-state index in [0.29, 0.717) is 29.2 Å². The molecule has 0 spiro atoms. The van der Waals surface area contributed by atoms with Crippen LogP contribution in [0.3, 0.4) is 0 Å². The molecule has 2 amide bonds. The third-order valence-corrected chi connectivity index (χ3v) is 7.12. The summed E-state index contributed by atoms with van der Waals surface area (Å²) in [6, 6.07) is 12.1. The maximum Gasteiger partial charge on any atom is 0.247 e. The lowest BCUT2D eigenvalue weighted by Gasteiger charge is -2.41. The lowest BCUT2D eigenvalue weighted by molar-refractivity contribution is -0.140. The molecule has 0 radical (unpaired) electrons. The van der Waals surface area contributed by atoms with Crippen molar-refractivity contribution >= 4 is 11.8 Å². The van der Waals surface area contributed by atoms with Crippen LogP contribution in [0.15, 0.2) is 54.1 Å². The number of fused-ring (bicyclic) bond motifs is 3. The number of nitrogens with zero attached hydrogens (tertiary/aromatic N) is 1. The highest BCUT2D eigenvalue weighted by Crippen LogP contribution is 2.47. The van der Waals surface area contributed by atoms with Crippen LogP contribution in [0.2, 0.25) is 0 Å². The first-order valence-electron chi connectivity index (χ1n) is 12.9. The third-order valence-electron chi connectivity index (χ3n) is 7.12. The Morgan fingerprint density at radius 1 is 1.13 bits per heavy atom. The molecule has 2 aromatic carbocycles. The van der Waals surface area contributed by atoms with E-state index in [1.165, 1.54) is 0 Å². The number of carbonyl (C=O) groups is 2. The monoisotopic (exact) mass is 524 g/mol. The molecule has 2 aromatic rings. The van der Waals surface area contributed by atoms with Gasteiger partial charge in [-0.05, 0) is 42.3 Å². The number of aliphatic hydroxyl groups is 2. The lowest BCUT2D eigenvalue weighted by atomic mass is 9.77. The molecule has 0 unspecified atom stereocenters. The predicted molar refractivity (Wildman–Crippen MR) is 141 cm³/mol. The molecule has 4 atom stereocenters. The van der Waals surface area contributed by atoms with Gasteiger partial charge in [-0.25, -0.2) is 0 Å². The third kappa shape index (κ3) is 5.35. The van der Waals surface area contributed by atoms with Gasteiger partial charge in [0.15, 0.2) is 0 Å². The molecule has 38 heavy (non-hydrogen) atoms. The lowest BCUT2D eigenvalue weighted by Crippen LogP contribution is -2.56. The molecule has 9 heteroatoms. The molecule has 0 bridgehead atoms. The van der Waals surface area contributed by atoms with Crippen LogP contribution >= 0.6 is 0 Å². The average molecular weight is 525 g/mol. The van der Waals surface area contributed by atoms with E-state index in [1.807, 2.05) is 36.4 Å². The van der Waals surface area contributed by atoms with E-state index in [2.05, 4.69) is 5.32 Å². The fourth-order valence-corrected chi connectivity index (χ4v) is 5.25. The molecule has 3 N–H and O–H groups in total. The maximum atomic E-state index is 13.5. The van der Waals surface area contributed by atoms with Gasteiger partial charge in [-0.2, -0.15) is 0 Å². The second-order valence-electron chi connectivity index (χ2n) is 9.79. The molecule has 2 aliphatic rings. The van der Waals surface area contributed by atoms with Crippen molar-refractivity contribution in [1.82, 2.24) is 10.2 Å². The molecular formula is C29H36N2O7. The number of aliphatic hydroxyl groups excluding tert-OH is 2. The average Bonchev–Trinajstić information content (AvgIpc) is 3.32. The Morgan fingerprint density at radius 2 is 1.89 bits per heavy atom. The van der Waals surface area contributed by atoms with Crippen molar-refractivity contribution in [3.05, 3.63) is 65.2 Å². The number of methoxy groups -OCH3 is 2. The van der Waals surface area contributed by atoms with Crippen molar-refractivity contribution in [2.75, 3.05) is 33.9 Å². The Kier molecular flexibility index (Phi) is 8.58. The van der Waals surface area contributed by atoms with E-state index in [0.717, 1.165) is 11.1 Å². The Hall–Kier alpha value is -3.56. The minimum Gasteiger partial charge on any atom is -0.497 e. The summed E-state index contributed by atoms with van der Waals surface area (Å²) in [5.74, 6) is 0.587. The molecule has 4 rings (SSSR count). The first-order chi connectivity index (χ1) is 18.3. The Labute approximate surface area is 223 Å². The van der Waals surface area contributed by atoms with Crippen molar-refractivity contribution in [3.8, 4) is 17.2 Å². The molecule has 0 aromatic heterocycles. The summed E-state index contributed by atoms with van der Waals surface area (Å²) in [6.45, 7) is 3.77. The minimum atomic E-state index is -1.07. The number of ether oxygens (including phenoxy) is 3. The Morgan fingerprint density at radius 3 is 2.58 bits per heavy atom. The maximum absolute atomic E-state index is 13.5. The van der Waals surface area contributed by atoms with Crippen LogP contribution in [0.25, 0.3) is 0 Å². The zero-order chi connectivity index (χ0) is 27.4. The van der Waals surface area contributed by atoms with E-state index in [9.17, 15) is 19.8 Å². The summed E-state index contributed by atoms with van der Waals surface area (Å²) in [6.07, 6.45) is 0.312. The number of para-hydroxylation sites is 1. The highest BCUT2D eigenvalue weighted by molar-refractivity contribution is 5.96. The Bertz CT molecular complexity index is 1200. The molecular weight excluding hydrogens is 488 g/mol. The molecule has 0 fully saturated rings. The van der Waals surface area contributed by atoms with Gasteiger partial charge in [0.1, 0.15) is 29.5 Å². The summed E-state index contributed by atoms with van der Waals surface area (Å²) in [7, 11) is 3.17. The largest absolute Gasteiger partial charge is 0.497 e. The zero-order valence-electron chi connectivity index (χ0n) is 22.2. The molecule has 0 saturated carbocycles.